The molecule has 0 bridgehead atoms. The summed E-state index contributed by atoms with van der Waals surface area (Å²) in [6, 6.07) is 121. The smallest absolute Gasteiger partial charge is 0.0541 e. The zero-order chi connectivity index (χ0) is 86.5. The molecule has 0 aliphatic carbocycles. The fourth-order valence-corrected chi connectivity index (χ4v) is 26.6. The minimum Gasteiger partial charge on any atom is -0.309 e. The molecule has 620 valence electrons. The third kappa shape index (κ3) is 11.7. The minimum absolute atomic E-state index is 0.358. The molecule has 0 saturated heterocycles. The fraction of sp³-hybridized carbons (Fsp3) is 0.200. The van der Waals surface area contributed by atoms with E-state index in [0.717, 1.165) is 109 Å². The molecule has 1 spiro atoms. The molecule has 22 rings (SSSR count). The highest BCUT2D eigenvalue weighted by atomic mass is 32.3. The molecule has 5 nitrogen and oxygen atoms in total. The summed E-state index contributed by atoms with van der Waals surface area (Å²) in [4.78, 5) is 3.27. The lowest BCUT2D eigenvalue weighted by Gasteiger charge is -2.39. The third-order valence-electron chi connectivity index (χ3n) is 28.6. The SMILES string of the molecule is CC(C)c1ccc2c(c1)c1cc(C(C)C)ccc1n2-c1ccccc1-c1ccc2c(c1)-c1cc(-c3ccccc3-n3c4ccc(C(C)C)cc4c4cc(C(C)C)ccc43)ccc1S21(=O)c2ccc(-c3ccccc3-n3c4ccc(C(C)C)cc4c4cc(C(C)C)ccc43)cc2-c2cc(-c3ccccc3-n3c4ccc(C(C)C)cc4c4cc(C(C)C)ccc43)ccc21. The van der Waals surface area contributed by atoms with Gasteiger partial charge in [-0.15, -0.1) is 0 Å². The summed E-state index contributed by atoms with van der Waals surface area (Å²) in [6.07, 6.45) is 0. The lowest BCUT2D eigenvalue weighted by atomic mass is 9.95. The van der Waals surface area contributed by atoms with Crippen molar-refractivity contribution < 1.29 is 4.21 Å². The number of nitrogens with zero attached hydrogens (tertiary/aromatic N) is 4. The standard InChI is InChI=1S/C120H108N4OS/c1-69(2)77-33-45-109-93(57-77)94-58-78(70(3)4)34-46-110(94)121(109)105-29-21-17-25-89(105)85-41-53-117-101(65-85)102-66-86(90-26-18-22-30-106(90)122-111-47-35-79(71(5)6)59-95(111)96-60-80(72(7)8)36-48-112(96)122)42-54-118(102)126(117,125)119-55-43-87(91-27-19-23-31-107(91)123-113-49-37-81(73(9)10)61-97(113)98-62-82(74(11)12)38-50-114(98)123)67-103(119)104-68-88(44-56-120(104)126)92-28-20-24-32-108(92)124-115-51-39-83(75(13)14)63-99(115)100-64-84(76(15)16)40-52-116(100)124/h17-76H,1-16H3. The maximum atomic E-state index is 20.2. The van der Waals surface area contributed by atoms with Crippen LogP contribution in [0.15, 0.2) is 335 Å². The van der Waals surface area contributed by atoms with Gasteiger partial charge in [0.15, 0.2) is 0 Å². The number of benzene rings is 16. The molecular weight excluding hydrogens is 1550 g/mol. The van der Waals surface area contributed by atoms with Gasteiger partial charge in [0.05, 0.1) is 66.9 Å². The first-order valence-corrected chi connectivity index (χ1v) is 47.8. The van der Waals surface area contributed by atoms with E-state index in [2.05, 4.69) is 444 Å². The highest BCUT2D eigenvalue weighted by Gasteiger charge is 2.58. The Labute approximate surface area is 740 Å². The van der Waals surface area contributed by atoms with Crippen LogP contribution < -0.4 is 0 Å². The first kappa shape index (κ1) is 78.8. The van der Waals surface area contributed by atoms with Gasteiger partial charge in [-0.05, 0) is 306 Å². The van der Waals surface area contributed by atoms with E-state index < -0.39 is 9.07 Å². The predicted octanol–water partition coefficient (Wildman–Crippen LogP) is 34.0. The molecule has 2 aliphatic heterocycles. The van der Waals surface area contributed by atoms with Crippen molar-refractivity contribution in [3.63, 3.8) is 0 Å². The van der Waals surface area contributed by atoms with E-state index in [0.29, 0.717) is 47.3 Å². The van der Waals surface area contributed by atoms with Crippen molar-refractivity contribution in [2.24, 2.45) is 0 Å². The fourth-order valence-electron chi connectivity index (χ4n) is 21.5. The Morgan fingerprint density at radius 3 is 0.492 bits per heavy atom. The van der Waals surface area contributed by atoms with Crippen LogP contribution in [0.2, 0.25) is 0 Å². The van der Waals surface area contributed by atoms with Crippen molar-refractivity contribution in [3.8, 4) is 89.5 Å². The summed E-state index contributed by atoms with van der Waals surface area (Å²) in [5, 5.41) is 10.0. The second-order valence-electron chi connectivity index (χ2n) is 38.6. The van der Waals surface area contributed by atoms with Crippen LogP contribution in [0.1, 0.15) is 203 Å². The minimum atomic E-state index is -4.73. The number of aromatic nitrogens is 4. The normalized spacial score (nSPS) is 13.9. The van der Waals surface area contributed by atoms with Gasteiger partial charge in [0, 0.05) is 94.0 Å². The topological polar surface area (TPSA) is 36.8 Å². The molecule has 4 aromatic heterocycles. The molecule has 6 heterocycles. The van der Waals surface area contributed by atoms with Crippen molar-refractivity contribution >= 4 is 96.3 Å². The molecule has 20 aromatic rings. The van der Waals surface area contributed by atoms with Crippen LogP contribution in [0, 0.1) is 0 Å². The van der Waals surface area contributed by atoms with E-state index in [4.69, 9.17) is 0 Å². The summed E-state index contributed by atoms with van der Waals surface area (Å²) in [5.41, 5.74) is 36.6. The third-order valence-corrected chi connectivity index (χ3v) is 33.4. The van der Waals surface area contributed by atoms with Crippen LogP contribution in [0.5, 0.6) is 0 Å². The molecule has 16 aromatic carbocycles. The summed E-state index contributed by atoms with van der Waals surface area (Å²) < 4.78 is 30.3. The molecule has 0 fully saturated rings. The quantitative estimate of drug-likeness (QED) is 0.0950. The monoisotopic (exact) mass is 1650 g/mol. The van der Waals surface area contributed by atoms with Gasteiger partial charge in [-0.25, -0.2) is 0 Å². The van der Waals surface area contributed by atoms with Gasteiger partial charge in [-0.3, -0.25) is 4.21 Å². The second kappa shape index (κ2) is 29.2. The lowest BCUT2D eigenvalue weighted by molar-refractivity contribution is 0.658. The highest BCUT2D eigenvalue weighted by Crippen LogP contribution is 2.72. The van der Waals surface area contributed by atoms with E-state index in [9.17, 15) is 0 Å². The van der Waals surface area contributed by atoms with Crippen LogP contribution in [0.4, 0.5) is 0 Å². The van der Waals surface area contributed by atoms with E-state index in [-0.39, 0.29) is 0 Å². The van der Waals surface area contributed by atoms with Crippen LogP contribution in [0.25, 0.3) is 177 Å². The van der Waals surface area contributed by atoms with E-state index in [1.54, 1.807) is 0 Å². The largest absolute Gasteiger partial charge is 0.309 e. The van der Waals surface area contributed by atoms with Gasteiger partial charge < -0.3 is 18.3 Å². The summed E-state index contributed by atoms with van der Waals surface area (Å²) in [5.74, 6) is 2.87. The van der Waals surface area contributed by atoms with Crippen molar-refractivity contribution in [1.29, 1.82) is 0 Å². The van der Waals surface area contributed by atoms with Crippen LogP contribution in [-0.4, -0.2) is 22.5 Å². The van der Waals surface area contributed by atoms with Crippen molar-refractivity contribution in [2.45, 2.75) is 178 Å². The van der Waals surface area contributed by atoms with Gasteiger partial charge in [0.25, 0.3) is 0 Å². The molecule has 0 amide bonds. The first-order chi connectivity index (χ1) is 60.9. The Kier molecular flexibility index (Phi) is 18.3. The van der Waals surface area contributed by atoms with Gasteiger partial charge in [-0.1, -0.05) is 256 Å². The Balaban J connectivity index is 0.818. The van der Waals surface area contributed by atoms with Crippen LogP contribution in [0.3, 0.4) is 0 Å². The Bertz CT molecular complexity index is 6860. The molecule has 2 aliphatic rings. The molecule has 0 atom stereocenters. The van der Waals surface area contributed by atoms with Gasteiger partial charge in [0.1, 0.15) is 0 Å². The second-order valence-corrected chi connectivity index (χ2v) is 42.3. The molecule has 0 unspecified atom stereocenters. The van der Waals surface area contributed by atoms with Crippen LogP contribution in [-0.2, 0) is 9.07 Å². The zero-order valence-electron chi connectivity index (χ0n) is 75.2. The average Bonchev–Trinajstić information content (AvgIpc) is 1.47. The molecule has 6 heteroatoms. The number of hydrogen-bond acceptors (Lipinski definition) is 1. The lowest BCUT2D eigenvalue weighted by Crippen LogP contribution is -2.30. The van der Waals surface area contributed by atoms with Crippen LogP contribution >= 0.6 is 0 Å². The number of hydrogen-bond donors (Lipinski definition) is 0. The first-order valence-electron chi connectivity index (χ1n) is 45.9. The van der Waals surface area contributed by atoms with Crippen molar-refractivity contribution in [1.82, 2.24) is 18.3 Å². The molecular formula is C120H108N4OS. The summed E-state index contributed by atoms with van der Waals surface area (Å²) in [6.45, 7) is 36.7. The van der Waals surface area contributed by atoms with E-state index in [1.807, 2.05) is 0 Å². The van der Waals surface area contributed by atoms with Crippen molar-refractivity contribution in [3.05, 3.63) is 360 Å². The molecule has 126 heavy (non-hydrogen) atoms. The van der Waals surface area contributed by atoms with E-state index in [1.165, 1.54) is 132 Å². The maximum Gasteiger partial charge on any atom is 0.0541 e. The van der Waals surface area contributed by atoms with Gasteiger partial charge >= 0.3 is 0 Å². The van der Waals surface area contributed by atoms with Gasteiger partial charge in [0.2, 0.25) is 0 Å². The Morgan fingerprint density at radius 2 is 0.333 bits per heavy atom. The summed E-state index contributed by atoms with van der Waals surface area (Å²) >= 11 is 0. The number of para-hydroxylation sites is 4. The Hall–Kier alpha value is -13.1. The summed E-state index contributed by atoms with van der Waals surface area (Å²) in [7, 11) is -4.73. The zero-order valence-corrected chi connectivity index (χ0v) is 76.1. The average molecular weight is 1650 g/mol. The maximum absolute atomic E-state index is 20.2. The molecule has 0 N–H and O–H groups in total. The van der Waals surface area contributed by atoms with Crippen molar-refractivity contribution in [2.75, 3.05) is 0 Å². The molecule has 0 radical (unpaired) electrons. The predicted molar refractivity (Wildman–Crippen MR) is 537 cm³/mol. The highest BCUT2D eigenvalue weighted by molar-refractivity contribution is 8.21. The number of fused-ring (bicyclic) bond motifs is 22. The Morgan fingerprint density at radius 1 is 0.175 bits per heavy atom. The van der Waals surface area contributed by atoms with E-state index >= 15 is 4.21 Å². The molecule has 0 saturated carbocycles. The van der Waals surface area contributed by atoms with Gasteiger partial charge in [-0.2, -0.15) is 0 Å². The number of rotatable bonds is 16.